The van der Waals surface area contributed by atoms with E-state index >= 15 is 0 Å². The van der Waals surface area contributed by atoms with E-state index in [9.17, 15) is 4.79 Å². The van der Waals surface area contributed by atoms with Crippen LogP contribution >= 0.6 is 0 Å². The molecular weight excluding hydrogens is 262 g/mol. The minimum atomic E-state index is 0.217. The maximum atomic E-state index is 12.5. The summed E-state index contributed by atoms with van der Waals surface area (Å²) in [6.45, 7) is 6.11. The second kappa shape index (κ2) is 8.15. The molecule has 0 aromatic heterocycles. The Morgan fingerprint density at radius 2 is 2.10 bits per heavy atom. The van der Waals surface area contributed by atoms with Crippen LogP contribution in [0, 0.1) is 0 Å². The molecule has 0 spiro atoms. The van der Waals surface area contributed by atoms with Gasteiger partial charge in [0.1, 0.15) is 0 Å². The van der Waals surface area contributed by atoms with Crippen LogP contribution in [0.3, 0.4) is 0 Å². The van der Waals surface area contributed by atoms with Gasteiger partial charge in [0.25, 0.3) is 0 Å². The quantitative estimate of drug-likeness (QED) is 0.866. The number of hydrogen-bond donors (Lipinski definition) is 1. The van der Waals surface area contributed by atoms with Gasteiger partial charge in [0.2, 0.25) is 5.91 Å². The van der Waals surface area contributed by atoms with Crippen molar-refractivity contribution in [1.82, 2.24) is 15.1 Å². The third-order valence-electron chi connectivity index (χ3n) is 4.23. The Bertz CT molecular complexity index is 429. The van der Waals surface area contributed by atoms with Crippen molar-refractivity contribution in [2.45, 2.75) is 32.4 Å². The van der Waals surface area contributed by atoms with E-state index < -0.39 is 0 Å². The zero-order chi connectivity index (χ0) is 15.1. The van der Waals surface area contributed by atoms with Crippen LogP contribution in [0.15, 0.2) is 30.3 Å². The fourth-order valence-corrected chi connectivity index (χ4v) is 2.83. The Morgan fingerprint density at radius 3 is 2.71 bits per heavy atom. The van der Waals surface area contributed by atoms with Crippen LogP contribution in [0.25, 0.3) is 0 Å². The summed E-state index contributed by atoms with van der Waals surface area (Å²) in [5.41, 5.74) is 1.19. The van der Waals surface area contributed by atoms with E-state index in [1.54, 1.807) is 0 Å². The average molecular weight is 289 g/mol. The zero-order valence-corrected chi connectivity index (χ0v) is 13.2. The number of carbonyl (C=O) groups is 1. The number of benzene rings is 1. The molecule has 1 aliphatic rings. The Kier molecular flexibility index (Phi) is 6.21. The van der Waals surface area contributed by atoms with Crippen LogP contribution < -0.4 is 5.32 Å². The second-order valence-electron chi connectivity index (χ2n) is 5.81. The smallest absolute Gasteiger partial charge is 0.237 e. The molecule has 116 valence electrons. The maximum absolute atomic E-state index is 12.5. The van der Waals surface area contributed by atoms with Crippen molar-refractivity contribution in [3.05, 3.63) is 35.9 Å². The van der Waals surface area contributed by atoms with Crippen molar-refractivity contribution >= 4 is 5.91 Å². The zero-order valence-electron chi connectivity index (χ0n) is 13.2. The second-order valence-corrected chi connectivity index (χ2v) is 5.81. The van der Waals surface area contributed by atoms with Crippen molar-refractivity contribution in [3.8, 4) is 0 Å². The summed E-state index contributed by atoms with van der Waals surface area (Å²) in [5, 5.41) is 3.41. The summed E-state index contributed by atoms with van der Waals surface area (Å²) >= 11 is 0. The lowest BCUT2D eigenvalue weighted by molar-refractivity contribution is -0.133. The molecule has 4 heteroatoms. The molecule has 0 aliphatic carbocycles. The lowest BCUT2D eigenvalue weighted by atomic mass is 10.1. The molecule has 2 rings (SSSR count). The summed E-state index contributed by atoms with van der Waals surface area (Å²) in [6, 6.07) is 10.7. The van der Waals surface area contributed by atoms with Gasteiger partial charge in [-0.15, -0.1) is 0 Å². The molecule has 21 heavy (non-hydrogen) atoms. The Morgan fingerprint density at radius 1 is 1.33 bits per heavy atom. The fourth-order valence-electron chi connectivity index (χ4n) is 2.83. The molecule has 1 aromatic rings. The number of amides is 1. The van der Waals surface area contributed by atoms with E-state index in [0.29, 0.717) is 19.1 Å². The van der Waals surface area contributed by atoms with Crippen LogP contribution in [-0.2, 0) is 11.3 Å². The lowest BCUT2D eigenvalue weighted by Gasteiger charge is -2.32. The first kappa shape index (κ1) is 16.0. The summed E-state index contributed by atoms with van der Waals surface area (Å²) in [6.07, 6.45) is 2.38. The molecule has 1 heterocycles. The van der Waals surface area contributed by atoms with Gasteiger partial charge in [0.05, 0.1) is 6.54 Å². The molecule has 1 atom stereocenters. The van der Waals surface area contributed by atoms with Crippen LogP contribution in [0.5, 0.6) is 0 Å². The number of piperidine rings is 1. The highest BCUT2D eigenvalue weighted by Gasteiger charge is 2.21. The molecule has 1 saturated heterocycles. The fraction of sp³-hybridized carbons (Fsp3) is 0.588. The van der Waals surface area contributed by atoms with Gasteiger partial charge in [0.15, 0.2) is 0 Å². The average Bonchev–Trinajstić information content (AvgIpc) is 2.54. The highest BCUT2D eigenvalue weighted by Crippen LogP contribution is 2.10. The number of carbonyl (C=O) groups excluding carboxylic acids is 1. The van der Waals surface area contributed by atoms with E-state index in [0.717, 1.165) is 19.6 Å². The number of rotatable bonds is 6. The van der Waals surface area contributed by atoms with Gasteiger partial charge in [-0.2, -0.15) is 0 Å². The van der Waals surface area contributed by atoms with E-state index in [4.69, 9.17) is 0 Å². The van der Waals surface area contributed by atoms with Gasteiger partial charge in [-0.3, -0.25) is 9.69 Å². The summed E-state index contributed by atoms with van der Waals surface area (Å²) < 4.78 is 0. The minimum Gasteiger partial charge on any atom is -0.338 e. The number of hydrogen-bond acceptors (Lipinski definition) is 3. The van der Waals surface area contributed by atoms with Gasteiger partial charge in [-0.05, 0) is 38.9 Å². The largest absolute Gasteiger partial charge is 0.338 e. The molecule has 1 aliphatic heterocycles. The molecule has 0 saturated carbocycles. The number of likely N-dealkylation sites (N-methyl/N-ethyl adjacent to an activating group) is 2. The maximum Gasteiger partial charge on any atom is 0.237 e. The molecule has 4 nitrogen and oxygen atoms in total. The standard InChI is InChI=1S/C17H27N3O/c1-3-20(13-15-8-5-4-6-9-15)17(21)14-19(2)16-10-7-11-18-12-16/h4-6,8-9,16,18H,3,7,10-14H2,1-2H3. The van der Waals surface area contributed by atoms with Gasteiger partial charge in [-0.1, -0.05) is 30.3 Å². The van der Waals surface area contributed by atoms with Crippen molar-refractivity contribution in [3.63, 3.8) is 0 Å². The first-order valence-electron chi connectivity index (χ1n) is 7.93. The normalized spacial score (nSPS) is 18.7. The van der Waals surface area contributed by atoms with Gasteiger partial charge in [0, 0.05) is 25.7 Å². The van der Waals surface area contributed by atoms with Gasteiger partial charge >= 0.3 is 0 Å². The SMILES string of the molecule is CCN(Cc1ccccc1)C(=O)CN(C)C1CCCNC1. The summed E-state index contributed by atoms with van der Waals surface area (Å²) in [7, 11) is 2.06. The van der Waals surface area contributed by atoms with E-state index in [1.807, 2.05) is 30.0 Å². The van der Waals surface area contributed by atoms with Crippen LogP contribution in [0.4, 0.5) is 0 Å². The van der Waals surface area contributed by atoms with E-state index in [-0.39, 0.29) is 5.91 Å². The van der Waals surface area contributed by atoms with Crippen LogP contribution in [0.2, 0.25) is 0 Å². The number of nitrogens with one attached hydrogen (secondary N) is 1. The van der Waals surface area contributed by atoms with E-state index in [2.05, 4.69) is 29.4 Å². The Hall–Kier alpha value is -1.39. The van der Waals surface area contributed by atoms with Crippen molar-refractivity contribution in [1.29, 1.82) is 0 Å². The summed E-state index contributed by atoms with van der Waals surface area (Å²) in [5.74, 6) is 0.217. The Labute approximate surface area is 128 Å². The molecule has 0 radical (unpaired) electrons. The third-order valence-corrected chi connectivity index (χ3v) is 4.23. The van der Waals surface area contributed by atoms with Crippen molar-refractivity contribution < 1.29 is 4.79 Å². The van der Waals surface area contributed by atoms with Crippen molar-refractivity contribution in [2.75, 3.05) is 33.2 Å². The minimum absolute atomic E-state index is 0.217. The molecular formula is C17H27N3O. The van der Waals surface area contributed by atoms with E-state index in [1.165, 1.54) is 18.4 Å². The highest BCUT2D eigenvalue weighted by molar-refractivity contribution is 5.78. The lowest BCUT2D eigenvalue weighted by Crippen LogP contribution is -2.48. The van der Waals surface area contributed by atoms with Gasteiger partial charge in [-0.25, -0.2) is 0 Å². The molecule has 1 aromatic carbocycles. The summed E-state index contributed by atoms with van der Waals surface area (Å²) in [4.78, 5) is 16.6. The highest BCUT2D eigenvalue weighted by atomic mass is 16.2. The Balaban J connectivity index is 1.87. The monoisotopic (exact) mass is 289 g/mol. The predicted molar refractivity (Wildman–Crippen MR) is 86.1 cm³/mol. The van der Waals surface area contributed by atoms with Gasteiger partial charge < -0.3 is 10.2 Å². The first-order chi connectivity index (χ1) is 10.2. The molecule has 1 N–H and O–H groups in total. The van der Waals surface area contributed by atoms with Crippen molar-refractivity contribution in [2.24, 2.45) is 0 Å². The van der Waals surface area contributed by atoms with Crippen LogP contribution in [-0.4, -0.2) is 55.0 Å². The topological polar surface area (TPSA) is 35.6 Å². The first-order valence-corrected chi connectivity index (χ1v) is 7.93. The molecule has 1 unspecified atom stereocenters. The molecule has 1 amide bonds. The number of nitrogens with zero attached hydrogens (tertiary/aromatic N) is 2. The van der Waals surface area contributed by atoms with Crippen LogP contribution in [0.1, 0.15) is 25.3 Å². The molecule has 1 fully saturated rings. The third kappa shape index (κ3) is 4.83. The molecule has 0 bridgehead atoms. The predicted octanol–water partition coefficient (Wildman–Crippen LogP) is 1.72.